The second kappa shape index (κ2) is 9.91. The van der Waals surface area contributed by atoms with E-state index in [1.807, 2.05) is 10.6 Å². The summed E-state index contributed by atoms with van der Waals surface area (Å²) in [6.45, 7) is 3.42. The summed E-state index contributed by atoms with van der Waals surface area (Å²) in [7, 11) is 0. The molecule has 8 heteroatoms. The molecule has 1 aromatic heterocycles. The Morgan fingerprint density at radius 2 is 2.17 bits per heavy atom. The van der Waals surface area contributed by atoms with Crippen molar-refractivity contribution < 1.29 is 4.79 Å². The van der Waals surface area contributed by atoms with Crippen LogP contribution in [0.2, 0.25) is 10.0 Å². The van der Waals surface area contributed by atoms with Crippen molar-refractivity contribution in [3.8, 4) is 0 Å². The zero-order valence-corrected chi connectivity index (χ0v) is 15.8. The number of aromatic nitrogens is 3. The molecule has 24 heavy (non-hydrogen) atoms. The van der Waals surface area contributed by atoms with Crippen LogP contribution in [0.5, 0.6) is 0 Å². The molecule has 0 spiro atoms. The summed E-state index contributed by atoms with van der Waals surface area (Å²) in [6.07, 6.45) is 5.14. The fourth-order valence-corrected chi connectivity index (χ4v) is 3.33. The summed E-state index contributed by atoms with van der Waals surface area (Å²) >= 11 is 13.3. The predicted octanol–water partition coefficient (Wildman–Crippen LogP) is 4.18. The number of nitrogens with one attached hydrogen (secondary N) is 1. The molecule has 0 fully saturated rings. The Hall–Kier alpha value is -1.24. The molecule has 2 aromatic rings. The smallest absolute Gasteiger partial charge is 0.230 e. The van der Waals surface area contributed by atoms with E-state index in [4.69, 9.17) is 23.2 Å². The third-order valence-electron chi connectivity index (χ3n) is 3.41. The van der Waals surface area contributed by atoms with Crippen LogP contribution in [0.1, 0.15) is 31.7 Å². The highest BCUT2D eigenvalue weighted by Gasteiger charge is 2.09. The third kappa shape index (κ3) is 6.00. The molecule has 0 aliphatic heterocycles. The lowest BCUT2D eigenvalue weighted by Gasteiger charge is -2.08. The van der Waals surface area contributed by atoms with E-state index in [9.17, 15) is 4.79 Å². The second-order valence-corrected chi connectivity index (χ2v) is 7.10. The lowest BCUT2D eigenvalue weighted by Crippen LogP contribution is -2.24. The molecule has 0 bridgehead atoms. The Balaban J connectivity index is 1.78. The number of carbonyl (C=O) groups excluding carboxylic acids is 1. The number of hydrogen-bond acceptors (Lipinski definition) is 4. The maximum atomic E-state index is 12.0. The minimum atomic E-state index is -0.0749. The monoisotopic (exact) mass is 386 g/mol. The van der Waals surface area contributed by atoms with E-state index in [2.05, 4.69) is 22.4 Å². The molecular formula is C16H20Cl2N4OS. The lowest BCUT2D eigenvalue weighted by atomic mass is 10.2. The molecule has 0 saturated carbocycles. The molecule has 0 atom stereocenters. The van der Waals surface area contributed by atoms with Crippen molar-refractivity contribution in [2.45, 2.75) is 44.4 Å². The molecule has 1 amide bonds. The molecule has 1 N–H and O–H groups in total. The molecule has 0 radical (unpaired) electrons. The average Bonchev–Trinajstić information content (AvgIpc) is 3.00. The van der Waals surface area contributed by atoms with E-state index in [1.54, 1.807) is 18.5 Å². The van der Waals surface area contributed by atoms with Crippen LogP contribution >= 0.6 is 35.0 Å². The molecule has 1 heterocycles. The number of unbranched alkanes of at least 4 members (excludes halogenated alkanes) is 2. The van der Waals surface area contributed by atoms with E-state index in [0.29, 0.717) is 16.6 Å². The summed E-state index contributed by atoms with van der Waals surface area (Å²) in [5.41, 5.74) is 0.835. The Morgan fingerprint density at radius 1 is 1.33 bits per heavy atom. The second-order valence-electron chi connectivity index (χ2n) is 5.32. The van der Waals surface area contributed by atoms with Gasteiger partial charge in [-0.2, -0.15) is 0 Å². The van der Waals surface area contributed by atoms with Gasteiger partial charge in [0.2, 0.25) is 5.91 Å². The Morgan fingerprint density at radius 3 is 2.92 bits per heavy atom. The van der Waals surface area contributed by atoms with E-state index in [0.717, 1.165) is 23.7 Å². The van der Waals surface area contributed by atoms with Crippen molar-refractivity contribution in [2.75, 3.05) is 5.75 Å². The van der Waals surface area contributed by atoms with Gasteiger partial charge < -0.3 is 9.88 Å². The van der Waals surface area contributed by atoms with Crippen molar-refractivity contribution >= 4 is 40.9 Å². The number of halogens is 2. The highest BCUT2D eigenvalue weighted by molar-refractivity contribution is 7.99. The number of benzene rings is 1. The summed E-state index contributed by atoms with van der Waals surface area (Å²) in [4.78, 5) is 12.0. The minimum absolute atomic E-state index is 0.0749. The SMILES string of the molecule is CCCCCn1cnnc1SCC(=O)NCc1ccc(Cl)cc1Cl. The Bertz CT molecular complexity index is 678. The number of aryl methyl sites for hydroxylation is 1. The summed E-state index contributed by atoms with van der Waals surface area (Å²) in [6, 6.07) is 5.23. The van der Waals surface area contributed by atoms with Crippen LogP contribution in [0.4, 0.5) is 0 Å². The van der Waals surface area contributed by atoms with Crippen LogP contribution < -0.4 is 5.32 Å². The first-order valence-electron chi connectivity index (χ1n) is 7.81. The summed E-state index contributed by atoms with van der Waals surface area (Å²) in [5.74, 6) is 0.214. The van der Waals surface area contributed by atoms with Crippen LogP contribution in [0.3, 0.4) is 0 Å². The molecule has 1 aromatic carbocycles. The lowest BCUT2D eigenvalue weighted by molar-refractivity contribution is -0.118. The van der Waals surface area contributed by atoms with Crippen LogP contribution in [-0.4, -0.2) is 26.4 Å². The zero-order chi connectivity index (χ0) is 17.4. The maximum Gasteiger partial charge on any atom is 0.230 e. The fourth-order valence-electron chi connectivity index (χ4n) is 2.08. The standard InChI is InChI=1S/C16H20Cl2N4OS/c1-2-3-4-7-22-11-20-21-16(22)24-10-15(23)19-9-12-5-6-13(17)8-14(12)18/h5-6,8,11H,2-4,7,9-10H2,1H3,(H,19,23). The van der Waals surface area contributed by atoms with E-state index < -0.39 is 0 Å². The normalized spacial score (nSPS) is 10.8. The molecule has 130 valence electrons. The van der Waals surface area contributed by atoms with Crippen molar-refractivity contribution in [1.82, 2.24) is 20.1 Å². The number of hydrogen-bond donors (Lipinski definition) is 1. The largest absolute Gasteiger partial charge is 0.351 e. The van der Waals surface area contributed by atoms with Crippen LogP contribution in [0.15, 0.2) is 29.7 Å². The molecule has 0 aliphatic carbocycles. The van der Waals surface area contributed by atoms with Crippen LogP contribution in [-0.2, 0) is 17.9 Å². The first-order chi connectivity index (χ1) is 11.6. The van der Waals surface area contributed by atoms with Gasteiger partial charge in [0.1, 0.15) is 6.33 Å². The third-order valence-corrected chi connectivity index (χ3v) is 4.97. The van der Waals surface area contributed by atoms with Gasteiger partial charge in [0, 0.05) is 23.1 Å². The van der Waals surface area contributed by atoms with Gasteiger partial charge in [0.25, 0.3) is 0 Å². The zero-order valence-electron chi connectivity index (χ0n) is 13.5. The van der Waals surface area contributed by atoms with E-state index >= 15 is 0 Å². The molecule has 0 saturated heterocycles. The average molecular weight is 387 g/mol. The molecule has 5 nitrogen and oxygen atoms in total. The molecule has 2 rings (SSSR count). The van der Waals surface area contributed by atoms with Gasteiger partial charge in [0.15, 0.2) is 5.16 Å². The van der Waals surface area contributed by atoms with Crippen LogP contribution in [0, 0.1) is 0 Å². The summed E-state index contributed by atoms with van der Waals surface area (Å²) in [5, 5.41) is 12.7. The van der Waals surface area contributed by atoms with Gasteiger partial charge in [-0.05, 0) is 24.1 Å². The maximum absolute atomic E-state index is 12.0. The van der Waals surface area contributed by atoms with Crippen molar-refractivity contribution in [3.63, 3.8) is 0 Å². The highest BCUT2D eigenvalue weighted by Crippen LogP contribution is 2.21. The highest BCUT2D eigenvalue weighted by atomic mass is 35.5. The first-order valence-corrected chi connectivity index (χ1v) is 9.55. The topological polar surface area (TPSA) is 59.8 Å². The fraction of sp³-hybridized carbons (Fsp3) is 0.438. The van der Waals surface area contributed by atoms with E-state index in [-0.39, 0.29) is 11.7 Å². The van der Waals surface area contributed by atoms with Crippen molar-refractivity contribution in [1.29, 1.82) is 0 Å². The summed E-state index contributed by atoms with van der Waals surface area (Å²) < 4.78 is 1.99. The number of rotatable bonds is 9. The van der Waals surface area contributed by atoms with Gasteiger partial charge in [-0.15, -0.1) is 10.2 Å². The molecule has 0 aliphatic rings. The number of amides is 1. The number of nitrogens with zero attached hydrogens (tertiary/aromatic N) is 3. The Labute approximate surface area is 156 Å². The number of carbonyl (C=O) groups is 1. The number of thioether (sulfide) groups is 1. The van der Waals surface area contributed by atoms with Gasteiger partial charge in [-0.1, -0.05) is 60.8 Å². The van der Waals surface area contributed by atoms with Crippen LogP contribution in [0.25, 0.3) is 0 Å². The van der Waals surface area contributed by atoms with Gasteiger partial charge in [0.05, 0.1) is 5.75 Å². The quantitative estimate of drug-likeness (QED) is 0.518. The van der Waals surface area contributed by atoms with Gasteiger partial charge in [-0.3, -0.25) is 4.79 Å². The molecular weight excluding hydrogens is 367 g/mol. The Kier molecular flexibility index (Phi) is 7.88. The van der Waals surface area contributed by atoms with Crippen molar-refractivity contribution in [2.24, 2.45) is 0 Å². The van der Waals surface area contributed by atoms with Gasteiger partial charge in [-0.25, -0.2) is 0 Å². The predicted molar refractivity (Wildman–Crippen MR) is 98.6 cm³/mol. The first kappa shape index (κ1) is 19.1. The van der Waals surface area contributed by atoms with Gasteiger partial charge >= 0.3 is 0 Å². The minimum Gasteiger partial charge on any atom is -0.351 e. The van der Waals surface area contributed by atoms with E-state index in [1.165, 1.54) is 24.6 Å². The molecule has 0 unspecified atom stereocenters. The van der Waals surface area contributed by atoms with Crippen molar-refractivity contribution in [3.05, 3.63) is 40.1 Å².